The van der Waals surface area contributed by atoms with E-state index in [0.717, 1.165) is 11.5 Å². The number of thiocarbonyl (C=S) groups is 1. The van der Waals surface area contributed by atoms with E-state index in [1.165, 1.54) is 30.4 Å². The molecule has 1 saturated carbocycles. The highest BCUT2D eigenvalue weighted by Crippen LogP contribution is 2.23. The third kappa shape index (κ3) is 4.48. The highest BCUT2D eigenvalue weighted by atomic mass is 32.1. The Balaban J connectivity index is 2.00. The first-order valence-electron chi connectivity index (χ1n) is 7.76. The molecule has 20 heavy (non-hydrogen) atoms. The van der Waals surface area contributed by atoms with Crippen LogP contribution < -0.4 is 10.6 Å². The fourth-order valence-corrected chi connectivity index (χ4v) is 2.70. The Labute approximate surface area is 128 Å². The number of benzene rings is 1. The maximum atomic E-state index is 5.41. The minimum atomic E-state index is 0.282. The average molecular weight is 290 g/mol. The Morgan fingerprint density at radius 3 is 2.40 bits per heavy atom. The summed E-state index contributed by atoms with van der Waals surface area (Å²) in [4.78, 5) is 0. The van der Waals surface area contributed by atoms with Crippen molar-refractivity contribution in [1.82, 2.24) is 10.6 Å². The molecule has 1 aromatic rings. The van der Waals surface area contributed by atoms with Crippen molar-refractivity contribution in [2.24, 2.45) is 5.92 Å². The van der Waals surface area contributed by atoms with Crippen molar-refractivity contribution in [1.29, 1.82) is 0 Å². The Hall–Kier alpha value is -1.09. The van der Waals surface area contributed by atoms with E-state index >= 15 is 0 Å². The van der Waals surface area contributed by atoms with Gasteiger partial charge in [0, 0.05) is 6.04 Å². The number of hydrogen-bond acceptors (Lipinski definition) is 1. The molecule has 0 spiro atoms. The van der Waals surface area contributed by atoms with Crippen LogP contribution in [-0.2, 0) is 6.42 Å². The molecule has 1 fully saturated rings. The summed E-state index contributed by atoms with van der Waals surface area (Å²) in [6.07, 6.45) is 4.85. The predicted octanol–water partition coefficient (Wildman–Crippen LogP) is 3.96. The molecule has 1 aliphatic rings. The van der Waals surface area contributed by atoms with Crippen molar-refractivity contribution < 1.29 is 0 Å². The normalized spacial score (nSPS) is 16.0. The van der Waals surface area contributed by atoms with Gasteiger partial charge in [0.25, 0.3) is 0 Å². The maximum Gasteiger partial charge on any atom is 0.167 e. The molecule has 0 heterocycles. The fourth-order valence-electron chi connectivity index (χ4n) is 2.41. The first-order valence-corrected chi connectivity index (χ1v) is 8.16. The van der Waals surface area contributed by atoms with E-state index in [1.54, 1.807) is 0 Å². The molecule has 0 unspecified atom stereocenters. The lowest BCUT2D eigenvalue weighted by atomic mass is 9.95. The van der Waals surface area contributed by atoms with Crippen LogP contribution in [0.25, 0.3) is 0 Å². The molecular formula is C17H26N2S. The summed E-state index contributed by atoms with van der Waals surface area (Å²) in [6, 6.07) is 9.85. The number of rotatable bonds is 6. The van der Waals surface area contributed by atoms with Gasteiger partial charge in [-0.15, -0.1) is 0 Å². The van der Waals surface area contributed by atoms with Gasteiger partial charge >= 0.3 is 0 Å². The predicted molar refractivity (Wildman–Crippen MR) is 89.9 cm³/mol. The van der Waals surface area contributed by atoms with Gasteiger partial charge in [0.1, 0.15) is 0 Å². The lowest BCUT2D eigenvalue weighted by Crippen LogP contribution is -2.40. The molecule has 0 saturated heterocycles. The third-order valence-electron chi connectivity index (χ3n) is 3.74. The van der Waals surface area contributed by atoms with E-state index in [2.05, 4.69) is 55.7 Å². The van der Waals surface area contributed by atoms with Gasteiger partial charge in [-0.3, -0.25) is 0 Å². The third-order valence-corrected chi connectivity index (χ3v) is 3.98. The molecule has 0 amide bonds. The summed E-state index contributed by atoms with van der Waals surface area (Å²) in [5.74, 6) is 0.506. The number of hydrogen-bond donors (Lipinski definition) is 2. The van der Waals surface area contributed by atoms with E-state index in [4.69, 9.17) is 12.2 Å². The highest BCUT2D eigenvalue weighted by Gasteiger charge is 2.23. The minimum absolute atomic E-state index is 0.282. The summed E-state index contributed by atoms with van der Waals surface area (Å²) in [5.41, 5.74) is 2.73. The first kappa shape index (κ1) is 15.3. The molecule has 0 bridgehead atoms. The van der Waals surface area contributed by atoms with Crippen LogP contribution in [-0.4, -0.2) is 11.2 Å². The smallest absolute Gasteiger partial charge is 0.167 e. The van der Waals surface area contributed by atoms with Crippen molar-refractivity contribution in [2.45, 2.75) is 58.5 Å². The fraction of sp³-hybridized carbons (Fsp3) is 0.588. The van der Waals surface area contributed by atoms with E-state index in [-0.39, 0.29) is 6.04 Å². The van der Waals surface area contributed by atoms with Crippen LogP contribution in [0.1, 0.15) is 57.2 Å². The van der Waals surface area contributed by atoms with E-state index in [0.29, 0.717) is 12.0 Å². The van der Waals surface area contributed by atoms with Gasteiger partial charge in [0.05, 0.1) is 6.04 Å². The number of aryl methyl sites for hydroxylation is 1. The van der Waals surface area contributed by atoms with Crippen LogP contribution in [0.2, 0.25) is 0 Å². The Morgan fingerprint density at radius 1 is 1.25 bits per heavy atom. The molecule has 0 radical (unpaired) electrons. The van der Waals surface area contributed by atoms with E-state index in [1.807, 2.05) is 0 Å². The molecule has 110 valence electrons. The average Bonchev–Trinajstić information content (AvgIpc) is 3.21. The molecule has 3 heteroatoms. The second-order valence-corrected chi connectivity index (χ2v) is 6.51. The van der Waals surface area contributed by atoms with Crippen molar-refractivity contribution in [3.8, 4) is 0 Å². The van der Waals surface area contributed by atoms with Crippen LogP contribution in [0, 0.1) is 5.92 Å². The number of nitrogens with one attached hydrogen (secondary N) is 2. The second kappa shape index (κ2) is 7.07. The molecule has 2 nitrogen and oxygen atoms in total. The standard InChI is InChI=1S/C17H26N2S/c1-4-5-13-6-8-14(9-7-13)16(12(2)3)19-17(20)18-15-10-11-15/h6-9,12,15-16H,4-5,10-11H2,1-3H3,(H2,18,19,20)/t16-/m0/s1. The van der Waals surface area contributed by atoms with Gasteiger partial charge in [-0.25, -0.2) is 0 Å². The molecule has 2 rings (SSSR count). The minimum Gasteiger partial charge on any atom is -0.360 e. The van der Waals surface area contributed by atoms with Crippen LogP contribution in [0.3, 0.4) is 0 Å². The lowest BCUT2D eigenvalue weighted by Gasteiger charge is -2.25. The van der Waals surface area contributed by atoms with E-state index in [9.17, 15) is 0 Å². The van der Waals surface area contributed by atoms with Gasteiger partial charge in [0.2, 0.25) is 0 Å². The Morgan fingerprint density at radius 2 is 1.90 bits per heavy atom. The van der Waals surface area contributed by atoms with Gasteiger partial charge in [-0.1, -0.05) is 51.5 Å². The molecule has 2 N–H and O–H groups in total. The molecule has 1 atom stereocenters. The first-order chi connectivity index (χ1) is 9.60. The zero-order valence-electron chi connectivity index (χ0n) is 12.8. The summed E-state index contributed by atoms with van der Waals surface area (Å²) in [6.45, 7) is 6.68. The Bertz CT molecular complexity index is 435. The molecule has 0 aliphatic heterocycles. The van der Waals surface area contributed by atoms with Crippen molar-refractivity contribution in [3.05, 3.63) is 35.4 Å². The maximum absolute atomic E-state index is 5.41. The molecule has 1 aromatic carbocycles. The monoisotopic (exact) mass is 290 g/mol. The zero-order chi connectivity index (χ0) is 14.5. The summed E-state index contributed by atoms with van der Waals surface area (Å²) in [5, 5.41) is 7.63. The quantitative estimate of drug-likeness (QED) is 0.775. The van der Waals surface area contributed by atoms with Crippen molar-refractivity contribution in [2.75, 3.05) is 0 Å². The summed E-state index contributed by atoms with van der Waals surface area (Å²) >= 11 is 5.41. The van der Waals surface area contributed by atoms with Gasteiger partial charge < -0.3 is 10.6 Å². The van der Waals surface area contributed by atoms with Crippen LogP contribution in [0.4, 0.5) is 0 Å². The topological polar surface area (TPSA) is 24.1 Å². The second-order valence-electron chi connectivity index (χ2n) is 6.11. The largest absolute Gasteiger partial charge is 0.360 e. The molecule has 1 aliphatic carbocycles. The lowest BCUT2D eigenvalue weighted by molar-refractivity contribution is 0.468. The summed E-state index contributed by atoms with van der Waals surface area (Å²) in [7, 11) is 0. The van der Waals surface area contributed by atoms with E-state index < -0.39 is 0 Å². The Kier molecular flexibility index (Phi) is 5.41. The highest BCUT2D eigenvalue weighted by molar-refractivity contribution is 7.80. The molecular weight excluding hydrogens is 264 g/mol. The van der Waals surface area contributed by atoms with Gasteiger partial charge in [-0.05, 0) is 48.5 Å². The van der Waals surface area contributed by atoms with Crippen molar-refractivity contribution in [3.63, 3.8) is 0 Å². The van der Waals surface area contributed by atoms with Crippen molar-refractivity contribution >= 4 is 17.3 Å². The van der Waals surface area contributed by atoms with Crippen LogP contribution in [0.5, 0.6) is 0 Å². The SMILES string of the molecule is CCCc1ccc([C@@H](NC(=S)NC2CC2)C(C)C)cc1. The van der Waals surface area contributed by atoms with Gasteiger partial charge in [-0.2, -0.15) is 0 Å². The van der Waals surface area contributed by atoms with Crippen LogP contribution >= 0.6 is 12.2 Å². The zero-order valence-corrected chi connectivity index (χ0v) is 13.6. The van der Waals surface area contributed by atoms with Gasteiger partial charge in [0.15, 0.2) is 5.11 Å². The summed E-state index contributed by atoms with van der Waals surface area (Å²) < 4.78 is 0. The molecule has 0 aromatic heterocycles. The van der Waals surface area contributed by atoms with Crippen LogP contribution in [0.15, 0.2) is 24.3 Å².